The average molecular weight is 217 g/mol. The molecule has 0 aliphatic carbocycles. The molecule has 1 fully saturated rings. The van der Waals surface area contributed by atoms with Crippen LogP contribution in [0.2, 0.25) is 0 Å². The third-order valence-corrected chi connectivity index (χ3v) is 2.28. The van der Waals surface area contributed by atoms with Gasteiger partial charge in [0.1, 0.15) is 0 Å². The summed E-state index contributed by atoms with van der Waals surface area (Å²) < 4.78 is 9.95. The van der Waals surface area contributed by atoms with Gasteiger partial charge in [-0.1, -0.05) is 0 Å². The molecule has 5 heteroatoms. The number of carbonyl (C=O) groups is 1. The zero-order chi connectivity index (χ0) is 11.1. The van der Waals surface area contributed by atoms with E-state index in [1.54, 1.807) is 6.92 Å². The molecule has 1 heterocycles. The van der Waals surface area contributed by atoms with Gasteiger partial charge >= 0.3 is 5.97 Å². The van der Waals surface area contributed by atoms with Crippen LogP contribution in [0.25, 0.3) is 0 Å². The Bertz CT molecular complexity index is 192. The normalized spacial score (nSPS) is 19.9. The van der Waals surface area contributed by atoms with E-state index in [1.807, 2.05) is 0 Å². The smallest absolute Gasteiger partial charge is 0.308 e. The highest BCUT2D eigenvalue weighted by atomic mass is 16.5. The minimum absolute atomic E-state index is 0.0746. The van der Waals surface area contributed by atoms with Crippen molar-refractivity contribution < 1.29 is 19.4 Å². The molecule has 0 amide bonds. The summed E-state index contributed by atoms with van der Waals surface area (Å²) in [5.41, 5.74) is 0. The van der Waals surface area contributed by atoms with Crippen LogP contribution in [-0.4, -0.2) is 61.5 Å². The SMILES string of the molecule is CCOC(=O)C[C@H](O)CN1CCOCC1. The minimum atomic E-state index is -0.637. The number of ether oxygens (including phenoxy) is 2. The van der Waals surface area contributed by atoms with E-state index in [4.69, 9.17) is 9.47 Å². The molecule has 1 saturated heterocycles. The molecule has 0 saturated carbocycles. The number of β-amino-alcohol motifs (C(OH)–C–C–N with tert-alkyl or cyclic N) is 1. The molecule has 0 unspecified atom stereocenters. The highest BCUT2D eigenvalue weighted by Crippen LogP contribution is 2.02. The van der Waals surface area contributed by atoms with Crippen molar-refractivity contribution in [1.82, 2.24) is 4.90 Å². The second-order valence-electron chi connectivity index (χ2n) is 3.58. The van der Waals surface area contributed by atoms with Crippen molar-refractivity contribution in [3.05, 3.63) is 0 Å². The number of morpholine rings is 1. The van der Waals surface area contributed by atoms with Gasteiger partial charge in [0, 0.05) is 19.6 Å². The highest BCUT2D eigenvalue weighted by molar-refractivity contribution is 5.69. The van der Waals surface area contributed by atoms with Crippen molar-refractivity contribution >= 4 is 5.97 Å². The summed E-state index contributed by atoms with van der Waals surface area (Å²) in [6.45, 7) is 5.68. The van der Waals surface area contributed by atoms with E-state index >= 15 is 0 Å². The van der Waals surface area contributed by atoms with Gasteiger partial charge < -0.3 is 14.6 Å². The van der Waals surface area contributed by atoms with E-state index in [-0.39, 0.29) is 12.4 Å². The van der Waals surface area contributed by atoms with Crippen molar-refractivity contribution in [2.45, 2.75) is 19.4 Å². The molecule has 5 nitrogen and oxygen atoms in total. The average Bonchev–Trinajstić information content (AvgIpc) is 2.19. The summed E-state index contributed by atoms with van der Waals surface area (Å²) in [5.74, 6) is -0.335. The van der Waals surface area contributed by atoms with Crippen molar-refractivity contribution in [1.29, 1.82) is 0 Å². The quantitative estimate of drug-likeness (QED) is 0.637. The van der Waals surface area contributed by atoms with Crippen molar-refractivity contribution in [2.24, 2.45) is 0 Å². The van der Waals surface area contributed by atoms with Gasteiger partial charge in [0.15, 0.2) is 0 Å². The Kier molecular flexibility index (Phi) is 5.60. The van der Waals surface area contributed by atoms with Crippen molar-refractivity contribution in [3.8, 4) is 0 Å². The molecular formula is C10H19NO4. The fourth-order valence-electron chi connectivity index (χ4n) is 1.56. The number of hydrogen-bond donors (Lipinski definition) is 1. The van der Waals surface area contributed by atoms with E-state index in [9.17, 15) is 9.90 Å². The molecular weight excluding hydrogens is 198 g/mol. The Morgan fingerprint density at radius 3 is 2.80 bits per heavy atom. The molecule has 0 spiro atoms. The van der Waals surface area contributed by atoms with Gasteiger partial charge in [0.25, 0.3) is 0 Å². The zero-order valence-electron chi connectivity index (χ0n) is 9.15. The number of carbonyl (C=O) groups excluding carboxylic acids is 1. The molecule has 0 radical (unpaired) electrons. The minimum Gasteiger partial charge on any atom is -0.466 e. The fourth-order valence-corrected chi connectivity index (χ4v) is 1.56. The van der Waals surface area contributed by atoms with Gasteiger partial charge in [-0.05, 0) is 6.92 Å². The lowest BCUT2D eigenvalue weighted by Crippen LogP contribution is -2.41. The molecule has 1 N–H and O–H groups in total. The van der Waals surface area contributed by atoms with Crippen LogP contribution in [0.5, 0.6) is 0 Å². The van der Waals surface area contributed by atoms with E-state index in [0.717, 1.165) is 13.1 Å². The Balaban J connectivity index is 2.16. The third kappa shape index (κ3) is 5.11. The van der Waals surface area contributed by atoms with Crippen LogP contribution >= 0.6 is 0 Å². The number of hydrogen-bond acceptors (Lipinski definition) is 5. The van der Waals surface area contributed by atoms with E-state index in [0.29, 0.717) is 26.4 Å². The summed E-state index contributed by atoms with van der Waals surface area (Å²) in [4.78, 5) is 13.2. The molecule has 88 valence electrons. The van der Waals surface area contributed by atoms with E-state index < -0.39 is 6.10 Å². The van der Waals surface area contributed by atoms with Gasteiger partial charge in [-0.15, -0.1) is 0 Å². The van der Waals surface area contributed by atoms with Gasteiger partial charge in [-0.3, -0.25) is 9.69 Å². The first-order valence-electron chi connectivity index (χ1n) is 5.36. The molecule has 0 aromatic heterocycles. The van der Waals surface area contributed by atoms with Crippen LogP contribution in [0.4, 0.5) is 0 Å². The maximum atomic E-state index is 11.1. The van der Waals surface area contributed by atoms with Crippen LogP contribution < -0.4 is 0 Å². The van der Waals surface area contributed by atoms with Crippen LogP contribution in [0.3, 0.4) is 0 Å². The molecule has 0 aromatic rings. The topological polar surface area (TPSA) is 59.0 Å². The Hall–Kier alpha value is -0.650. The predicted octanol–water partition coefficient (Wildman–Crippen LogP) is -0.367. The lowest BCUT2D eigenvalue weighted by Gasteiger charge is -2.28. The first-order chi connectivity index (χ1) is 7.22. The molecule has 1 atom stereocenters. The largest absolute Gasteiger partial charge is 0.466 e. The van der Waals surface area contributed by atoms with E-state index in [1.165, 1.54) is 0 Å². The van der Waals surface area contributed by atoms with Gasteiger partial charge in [-0.25, -0.2) is 0 Å². The fraction of sp³-hybridized carbons (Fsp3) is 0.900. The third-order valence-electron chi connectivity index (χ3n) is 2.28. The van der Waals surface area contributed by atoms with Crippen LogP contribution in [0.1, 0.15) is 13.3 Å². The maximum Gasteiger partial charge on any atom is 0.308 e. The molecule has 1 rings (SSSR count). The summed E-state index contributed by atoms with van der Waals surface area (Å²) in [7, 11) is 0. The maximum absolute atomic E-state index is 11.1. The molecule has 0 bridgehead atoms. The lowest BCUT2D eigenvalue weighted by molar-refractivity contribution is -0.145. The zero-order valence-corrected chi connectivity index (χ0v) is 9.15. The van der Waals surface area contributed by atoms with Gasteiger partial charge in [0.05, 0.1) is 32.3 Å². The Morgan fingerprint density at radius 1 is 1.53 bits per heavy atom. The highest BCUT2D eigenvalue weighted by Gasteiger charge is 2.17. The van der Waals surface area contributed by atoms with Crippen LogP contribution in [-0.2, 0) is 14.3 Å². The monoisotopic (exact) mass is 217 g/mol. The molecule has 1 aliphatic heterocycles. The number of aliphatic hydroxyl groups is 1. The molecule has 15 heavy (non-hydrogen) atoms. The lowest BCUT2D eigenvalue weighted by atomic mass is 10.2. The number of esters is 1. The summed E-state index contributed by atoms with van der Waals surface area (Å²) in [6.07, 6.45) is -0.562. The molecule has 1 aliphatic rings. The van der Waals surface area contributed by atoms with Gasteiger partial charge in [0.2, 0.25) is 0 Å². The van der Waals surface area contributed by atoms with Gasteiger partial charge in [-0.2, -0.15) is 0 Å². The van der Waals surface area contributed by atoms with Crippen LogP contribution in [0, 0.1) is 0 Å². The number of aliphatic hydroxyl groups excluding tert-OH is 1. The number of nitrogens with zero attached hydrogens (tertiary/aromatic N) is 1. The second kappa shape index (κ2) is 6.76. The summed E-state index contributed by atoms with van der Waals surface area (Å²) in [5, 5.41) is 9.62. The Labute approximate surface area is 90.0 Å². The first kappa shape index (κ1) is 12.4. The van der Waals surface area contributed by atoms with E-state index in [2.05, 4.69) is 4.90 Å². The standard InChI is InChI=1S/C10H19NO4/c1-2-15-10(13)7-9(12)8-11-3-5-14-6-4-11/h9,12H,2-8H2,1H3/t9-/m0/s1. The Morgan fingerprint density at radius 2 is 2.20 bits per heavy atom. The van der Waals surface area contributed by atoms with Crippen molar-refractivity contribution in [3.63, 3.8) is 0 Å². The summed E-state index contributed by atoms with van der Waals surface area (Å²) >= 11 is 0. The van der Waals surface area contributed by atoms with Crippen LogP contribution in [0.15, 0.2) is 0 Å². The first-order valence-corrected chi connectivity index (χ1v) is 5.36. The predicted molar refractivity (Wildman–Crippen MR) is 54.5 cm³/mol. The molecule has 0 aromatic carbocycles. The number of rotatable bonds is 5. The van der Waals surface area contributed by atoms with Crippen molar-refractivity contribution in [2.75, 3.05) is 39.5 Å². The second-order valence-corrected chi connectivity index (χ2v) is 3.58. The summed E-state index contributed by atoms with van der Waals surface area (Å²) in [6, 6.07) is 0.